The number of rotatable bonds is 2. The summed E-state index contributed by atoms with van der Waals surface area (Å²) in [6.07, 6.45) is 5.79. The van der Waals surface area contributed by atoms with E-state index >= 15 is 0 Å². The minimum absolute atomic E-state index is 0.162. The molecule has 0 fully saturated rings. The maximum absolute atomic E-state index is 7.15. The average Bonchev–Trinajstić information content (AvgIpc) is 2.31. The van der Waals surface area contributed by atoms with E-state index in [9.17, 15) is 0 Å². The first-order chi connectivity index (χ1) is 5.18. The van der Waals surface area contributed by atoms with E-state index in [1.807, 2.05) is 19.2 Å². The molecule has 1 rings (SSSR count). The van der Waals surface area contributed by atoms with Gasteiger partial charge in [0.05, 0.1) is 0 Å². The summed E-state index contributed by atoms with van der Waals surface area (Å²) >= 11 is 0. The molecule has 0 aliphatic carbocycles. The molecule has 3 N–H and O–H groups in total. The van der Waals surface area contributed by atoms with Gasteiger partial charge in [0, 0.05) is 17.6 Å². The highest BCUT2D eigenvalue weighted by atomic mass is 15.2. The second-order valence-electron chi connectivity index (χ2n) is 2.66. The molecule has 0 aromatic rings. The molecule has 1 unspecified atom stereocenters. The lowest BCUT2D eigenvalue weighted by Crippen LogP contribution is -2.29. The fourth-order valence-corrected chi connectivity index (χ4v) is 0.888. The molecule has 0 saturated heterocycles. The van der Waals surface area contributed by atoms with Crippen LogP contribution in [-0.4, -0.2) is 11.9 Å². The second kappa shape index (κ2) is 3.23. The minimum Gasteiger partial charge on any atom is -0.367 e. The van der Waals surface area contributed by atoms with Crippen molar-refractivity contribution in [1.82, 2.24) is 10.6 Å². The third-order valence-corrected chi connectivity index (χ3v) is 1.40. The van der Waals surface area contributed by atoms with E-state index in [0.29, 0.717) is 5.71 Å². The van der Waals surface area contributed by atoms with Crippen LogP contribution in [-0.2, 0) is 0 Å². The predicted molar refractivity (Wildman–Crippen MR) is 46.4 cm³/mol. The molecule has 1 atom stereocenters. The Morgan fingerprint density at radius 2 is 2.45 bits per heavy atom. The van der Waals surface area contributed by atoms with Gasteiger partial charge in [-0.1, -0.05) is 0 Å². The molecule has 3 nitrogen and oxygen atoms in total. The van der Waals surface area contributed by atoms with E-state index in [1.165, 1.54) is 0 Å². The van der Waals surface area contributed by atoms with Gasteiger partial charge in [-0.3, -0.25) is 0 Å². The van der Waals surface area contributed by atoms with Crippen molar-refractivity contribution in [1.29, 1.82) is 5.41 Å². The van der Waals surface area contributed by atoms with Crippen LogP contribution in [0, 0.1) is 5.41 Å². The van der Waals surface area contributed by atoms with Crippen molar-refractivity contribution in [3.8, 4) is 0 Å². The molecule has 60 valence electrons. The Balaban J connectivity index is 2.37. The van der Waals surface area contributed by atoms with Crippen LogP contribution in [0.15, 0.2) is 24.0 Å². The third kappa shape index (κ3) is 2.45. The molecule has 0 amide bonds. The summed E-state index contributed by atoms with van der Waals surface area (Å²) in [7, 11) is 0. The quantitative estimate of drug-likeness (QED) is 0.515. The number of nitrogens with one attached hydrogen (secondary N) is 3. The van der Waals surface area contributed by atoms with Gasteiger partial charge < -0.3 is 16.0 Å². The lowest BCUT2D eigenvalue weighted by Gasteiger charge is -2.06. The van der Waals surface area contributed by atoms with Gasteiger partial charge in [-0.05, 0) is 26.0 Å². The molecule has 1 aliphatic rings. The Hall–Kier alpha value is -1.25. The molecule has 0 aromatic heterocycles. The van der Waals surface area contributed by atoms with Gasteiger partial charge in [0.25, 0.3) is 0 Å². The zero-order chi connectivity index (χ0) is 8.27. The Morgan fingerprint density at radius 1 is 1.73 bits per heavy atom. The van der Waals surface area contributed by atoms with E-state index in [4.69, 9.17) is 5.41 Å². The Morgan fingerprint density at radius 3 is 2.91 bits per heavy atom. The molecule has 1 heterocycles. The van der Waals surface area contributed by atoms with Crippen molar-refractivity contribution in [3.05, 3.63) is 24.0 Å². The van der Waals surface area contributed by atoms with Gasteiger partial charge in [0.15, 0.2) is 0 Å². The summed E-state index contributed by atoms with van der Waals surface area (Å²) in [6.45, 7) is 3.75. The lowest BCUT2D eigenvalue weighted by atomic mass is 10.3. The molecular weight excluding hydrogens is 138 g/mol. The van der Waals surface area contributed by atoms with E-state index in [-0.39, 0.29) is 6.17 Å². The Kier molecular flexibility index (Phi) is 2.31. The topological polar surface area (TPSA) is 47.9 Å². The number of hydrogen-bond acceptors (Lipinski definition) is 3. The van der Waals surface area contributed by atoms with Crippen LogP contribution in [0.3, 0.4) is 0 Å². The van der Waals surface area contributed by atoms with Crippen molar-refractivity contribution >= 4 is 5.71 Å². The zero-order valence-electron chi connectivity index (χ0n) is 6.81. The van der Waals surface area contributed by atoms with Crippen LogP contribution in [0.4, 0.5) is 0 Å². The van der Waals surface area contributed by atoms with Crippen molar-refractivity contribution in [2.45, 2.75) is 20.0 Å². The van der Waals surface area contributed by atoms with Crippen molar-refractivity contribution in [3.63, 3.8) is 0 Å². The summed E-state index contributed by atoms with van der Waals surface area (Å²) in [5.74, 6) is 0. The summed E-state index contributed by atoms with van der Waals surface area (Å²) < 4.78 is 0. The zero-order valence-corrected chi connectivity index (χ0v) is 6.81. The first kappa shape index (κ1) is 7.85. The van der Waals surface area contributed by atoms with Crippen LogP contribution in [0.1, 0.15) is 13.8 Å². The van der Waals surface area contributed by atoms with Gasteiger partial charge in [0.2, 0.25) is 0 Å². The smallest absolute Gasteiger partial charge is 0.116 e. The maximum Gasteiger partial charge on any atom is 0.116 e. The van der Waals surface area contributed by atoms with Gasteiger partial charge >= 0.3 is 0 Å². The molecule has 11 heavy (non-hydrogen) atoms. The van der Waals surface area contributed by atoms with E-state index in [2.05, 4.69) is 10.6 Å². The highest BCUT2D eigenvalue weighted by Gasteiger charge is 2.06. The first-order valence-electron chi connectivity index (χ1n) is 3.61. The molecule has 3 heteroatoms. The van der Waals surface area contributed by atoms with Crippen molar-refractivity contribution < 1.29 is 0 Å². The average molecular weight is 151 g/mol. The van der Waals surface area contributed by atoms with Crippen molar-refractivity contribution in [2.75, 3.05) is 0 Å². The summed E-state index contributed by atoms with van der Waals surface area (Å²) in [5.41, 5.74) is 1.69. The van der Waals surface area contributed by atoms with E-state index in [0.717, 1.165) is 5.70 Å². The Bertz CT molecular complexity index is 215. The summed E-state index contributed by atoms with van der Waals surface area (Å²) in [6, 6.07) is 0. The summed E-state index contributed by atoms with van der Waals surface area (Å²) in [5, 5.41) is 13.4. The summed E-state index contributed by atoms with van der Waals surface area (Å²) in [4.78, 5) is 0. The molecule has 0 saturated carbocycles. The highest BCUT2D eigenvalue weighted by molar-refractivity contribution is 5.89. The first-order valence-corrected chi connectivity index (χ1v) is 3.61. The van der Waals surface area contributed by atoms with E-state index in [1.54, 1.807) is 13.0 Å². The lowest BCUT2D eigenvalue weighted by molar-refractivity contribution is 0.673. The molecule has 0 radical (unpaired) electrons. The monoisotopic (exact) mass is 151 g/mol. The molecular formula is C8H13N3. The fraction of sp³-hybridized carbons (Fsp3) is 0.375. The minimum atomic E-state index is 0.162. The SMILES string of the molecule is CC(=N)/C=C\C1NC=C(C)N1. The predicted octanol–water partition coefficient (Wildman–Crippen LogP) is 0.962. The van der Waals surface area contributed by atoms with Gasteiger partial charge in [-0.2, -0.15) is 0 Å². The Labute approximate surface area is 66.7 Å². The molecule has 0 aromatic carbocycles. The molecule has 0 bridgehead atoms. The van der Waals surface area contributed by atoms with E-state index < -0.39 is 0 Å². The van der Waals surface area contributed by atoms with Gasteiger partial charge in [0.1, 0.15) is 6.17 Å². The third-order valence-electron chi connectivity index (χ3n) is 1.40. The van der Waals surface area contributed by atoms with Crippen LogP contribution in [0.5, 0.6) is 0 Å². The van der Waals surface area contributed by atoms with Crippen molar-refractivity contribution in [2.24, 2.45) is 0 Å². The van der Waals surface area contributed by atoms with Crippen LogP contribution in [0.25, 0.3) is 0 Å². The number of allylic oxidation sites excluding steroid dienone is 2. The fourth-order valence-electron chi connectivity index (χ4n) is 0.888. The van der Waals surface area contributed by atoms with Crippen LogP contribution in [0.2, 0.25) is 0 Å². The largest absolute Gasteiger partial charge is 0.367 e. The second-order valence-corrected chi connectivity index (χ2v) is 2.66. The van der Waals surface area contributed by atoms with Crippen LogP contribution < -0.4 is 10.6 Å². The maximum atomic E-state index is 7.15. The van der Waals surface area contributed by atoms with Crippen LogP contribution >= 0.6 is 0 Å². The van der Waals surface area contributed by atoms with Gasteiger partial charge in [-0.15, -0.1) is 0 Å². The number of hydrogen-bond donors (Lipinski definition) is 3. The van der Waals surface area contributed by atoms with Gasteiger partial charge in [-0.25, -0.2) is 0 Å². The normalized spacial score (nSPS) is 22.7. The molecule has 1 aliphatic heterocycles. The highest BCUT2D eigenvalue weighted by Crippen LogP contribution is 1.97. The molecule has 0 spiro atoms. The standard InChI is InChI=1S/C8H13N3/c1-6(9)3-4-8-10-5-7(2)11-8/h3-5,8-11H,1-2H3/b4-3-,9-6?.